The van der Waals surface area contributed by atoms with Gasteiger partial charge in [0.15, 0.2) is 5.82 Å². The van der Waals surface area contributed by atoms with Crippen LogP contribution < -0.4 is 10.6 Å². The van der Waals surface area contributed by atoms with Crippen LogP contribution in [0.3, 0.4) is 0 Å². The van der Waals surface area contributed by atoms with E-state index in [-0.39, 0.29) is 31.0 Å². The molecule has 9 nitrogen and oxygen atoms in total. The predicted octanol–water partition coefficient (Wildman–Crippen LogP) is 4.92. The third-order valence-electron chi connectivity index (χ3n) is 6.05. The second-order valence-electron chi connectivity index (χ2n) is 9.69. The van der Waals surface area contributed by atoms with Crippen LogP contribution in [0.2, 0.25) is 0 Å². The van der Waals surface area contributed by atoms with Gasteiger partial charge in [0, 0.05) is 22.7 Å². The molecule has 5 rings (SSSR count). The Morgan fingerprint density at radius 1 is 1.18 bits per heavy atom. The number of nitrogens with one attached hydrogen (secondary N) is 3. The number of halogens is 1. The van der Waals surface area contributed by atoms with E-state index in [2.05, 4.69) is 25.6 Å². The van der Waals surface area contributed by atoms with Gasteiger partial charge in [-0.1, -0.05) is 6.07 Å². The number of amides is 1. The summed E-state index contributed by atoms with van der Waals surface area (Å²) in [6, 6.07) is 11.9. The van der Waals surface area contributed by atoms with Crippen LogP contribution in [-0.2, 0) is 20.8 Å². The number of aromatic amines is 1. The van der Waals surface area contributed by atoms with Crippen molar-refractivity contribution in [3.63, 3.8) is 0 Å². The first-order chi connectivity index (χ1) is 18.3. The molecule has 3 aromatic heterocycles. The molecule has 3 N–H and O–H groups in total. The summed E-state index contributed by atoms with van der Waals surface area (Å²) in [6.45, 7) is 6.57. The largest absolute Gasteiger partial charge is 0.353 e. The lowest BCUT2D eigenvalue weighted by molar-refractivity contribution is -0.231. The number of rotatable bonds is 8. The first-order valence-corrected chi connectivity index (χ1v) is 13.2. The molecule has 1 aliphatic rings. The average molecular weight is 537 g/mol. The Balaban J connectivity index is 1.42. The highest BCUT2D eigenvalue weighted by molar-refractivity contribution is 7.09. The Kier molecular flexibility index (Phi) is 7.50. The predicted molar refractivity (Wildman–Crippen MR) is 143 cm³/mol. The van der Waals surface area contributed by atoms with Gasteiger partial charge in [0.25, 0.3) is 0 Å². The summed E-state index contributed by atoms with van der Waals surface area (Å²) in [5, 5.41) is 8.18. The summed E-state index contributed by atoms with van der Waals surface area (Å²) in [7, 11) is 0. The fourth-order valence-corrected chi connectivity index (χ4v) is 4.65. The van der Waals surface area contributed by atoms with Crippen molar-refractivity contribution >= 4 is 23.2 Å². The lowest BCUT2D eigenvalue weighted by atomic mass is 9.90. The van der Waals surface area contributed by atoms with Crippen LogP contribution in [0.25, 0.3) is 22.6 Å². The molecule has 1 amide bonds. The maximum Gasteiger partial charge on any atom is 0.230 e. The van der Waals surface area contributed by atoms with Gasteiger partial charge >= 0.3 is 0 Å². The summed E-state index contributed by atoms with van der Waals surface area (Å²) >= 11 is 1.65. The lowest BCUT2D eigenvalue weighted by Crippen LogP contribution is -2.50. The molecule has 1 fully saturated rings. The van der Waals surface area contributed by atoms with E-state index in [1.165, 1.54) is 12.1 Å². The molecular formula is C27H29FN6O3S. The molecule has 4 heterocycles. The number of hydrogen-bond donors (Lipinski definition) is 3. The van der Waals surface area contributed by atoms with E-state index in [4.69, 9.17) is 14.5 Å². The number of thiophene rings is 1. The van der Waals surface area contributed by atoms with Gasteiger partial charge in [-0.25, -0.2) is 19.3 Å². The first kappa shape index (κ1) is 26.0. The number of nitrogens with zero attached hydrogens (tertiary/aromatic N) is 3. The van der Waals surface area contributed by atoms with Crippen LogP contribution in [0.4, 0.5) is 10.3 Å². The average Bonchev–Trinajstić information content (AvgIpc) is 3.59. The smallest absolute Gasteiger partial charge is 0.230 e. The van der Waals surface area contributed by atoms with Crippen molar-refractivity contribution in [2.75, 3.05) is 18.5 Å². The molecule has 0 bridgehead atoms. The van der Waals surface area contributed by atoms with Crippen molar-refractivity contribution < 1.29 is 18.7 Å². The highest BCUT2D eigenvalue weighted by Crippen LogP contribution is 2.35. The van der Waals surface area contributed by atoms with Crippen molar-refractivity contribution in [1.29, 1.82) is 0 Å². The molecule has 0 aliphatic carbocycles. The zero-order chi connectivity index (χ0) is 26.7. The second-order valence-corrected chi connectivity index (χ2v) is 10.7. The maximum absolute atomic E-state index is 13.7. The number of carbonyl (C=O) groups excluding carboxylic acids is 1. The first-order valence-electron chi connectivity index (χ1n) is 12.3. The quantitative estimate of drug-likeness (QED) is 0.293. The van der Waals surface area contributed by atoms with E-state index < -0.39 is 11.7 Å². The molecule has 0 radical (unpaired) electrons. The van der Waals surface area contributed by atoms with E-state index in [0.29, 0.717) is 41.0 Å². The van der Waals surface area contributed by atoms with Gasteiger partial charge in [0.2, 0.25) is 18.1 Å². The summed E-state index contributed by atoms with van der Waals surface area (Å²) in [6.07, 6.45) is 0.863. The standard InChI is InChI=1S/C27H29FN6O3S/c1-16(2)31-25(35)27(3)14-36-24(37-15-27)23-33-21(17-6-8-18(28)9-7-17)22(34-23)20-10-11-29-26(32-20)30-13-19-5-4-12-38-19/h4-12,16,24H,13-15H2,1-3H3,(H,31,35)(H,33,34)(H,29,30,32). The minimum Gasteiger partial charge on any atom is -0.353 e. The van der Waals surface area contributed by atoms with Gasteiger partial charge in [-0.2, -0.15) is 0 Å². The highest BCUT2D eigenvalue weighted by atomic mass is 32.1. The van der Waals surface area contributed by atoms with Crippen LogP contribution in [0.1, 0.15) is 37.8 Å². The van der Waals surface area contributed by atoms with Crippen molar-refractivity contribution in [3.8, 4) is 22.6 Å². The third-order valence-corrected chi connectivity index (χ3v) is 6.93. The molecule has 1 saturated heterocycles. The Labute approximate surface area is 223 Å². The van der Waals surface area contributed by atoms with Crippen LogP contribution in [-0.4, -0.2) is 45.1 Å². The minimum absolute atomic E-state index is 0.0144. The monoisotopic (exact) mass is 536 g/mol. The summed E-state index contributed by atoms with van der Waals surface area (Å²) in [5.74, 6) is 0.430. The Morgan fingerprint density at radius 3 is 2.63 bits per heavy atom. The molecule has 1 aliphatic heterocycles. The molecule has 198 valence electrons. The number of carbonyl (C=O) groups is 1. The van der Waals surface area contributed by atoms with Gasteiger partial charge in [-0.15, -0.1) is 11.3 Å². The van der Waals surface area contributed by atoms with Gasteiger partial charge < -0.3 is 25.1 Å². The number of hydrogen-bond acceptors (Lipinski definition) is 8. The fraction of sp³-hybridized carbons (Fsp3) is 0.333. The number of ether oxygens (including phenoxy) is 2. The molecule has 38 heavy (non-hydrogen) atoms. The summed E-state index contributed by atoms with van der Waals surface area (Å²) < 4.78 is 25.6. The van der Waals surface area contributed by atoms with E-state index in [9.17, 15) is 9.18 Å². The molecule has 0 atom stereocenters. The SMILES string of the molecule is CC(C)NC(=O)C1(C)COC(c2nc(-c3ccc(F)cc3)c(-c3ccnc(NCc4cccs4)n3)[nH]2)OC1. The summed E-state index contributed by atoms with van der Waals surface area (Å²) in [4.78, 5) is 30.9. The normalized spacial score (nSPS) is 19.4. The molecule has 4 aromatic rings. The van der Waals surface area contributed by atoms with Gasteiger partial charge in [0.05, 0.1) is 42.3 Å². The van der Waals surface area contributed by atoms with Crippen LogP contribution in [0.15, 0.2) is 54.0 Å². The zero-order valence-corrected chi connectivity index (χ0v) is 22.1. The number of imidazole rings is 1. The molecule has 11 heteroatoms. The van der Waals surface area contributed by atoms with Crippen molar-refractivity contribution in [2.45, 2.75) is 39.6 Å². The third kappa shape index (κ3) is 5.74. The Morgan fingerprint density at radius 2 is 1.95 bits per heavy atom. The van der Waals surface area contributed by atoms with E-state index in [1.54, 1.807) is 35.7 Å². The molecular weight excluding hydrogens is 507 g/mol. The van der Waals surface area contributed by atoms with Crippen LogP contribution in [0.5, 0.6) is 0 Å². The Bertz CT molecular complexity index is 1380. The second kappa shape index (κ2) is 11.0. The molecule has 0 saturated carbocycles. The van der Waals surface area contributed by atoms with E-state index in [0.717, 1.165) is 4.88 Å². The number of benzene rings is 1. The molecule has 1 aromatic carbocycles. The van der Waals surface area contributed by atoms with Gasteiger partial charge in [0.1, 0.15) is 5.82 Å². The Hall–Kier alpha value is -3.67. The molecule has 0 unspecified atom stereocenters. The van der Waals surface area contributed by atoms with Crippen molar-refractivity contribution in [2.24, 2.45) is 5.41 Å². The van der Waals surface area contributed by atoms with Crippen LogP contribution in [0, 0.1) is 11.2 Å². The number of H-pyrrole nitrogens is 1. The minimum atomic E-state index is -0.814. The van der Waals surface area contributed by atoms with Crippen LogP contribution >= 0.6 is 11.3 Å². The molecule has 0 spiro atoms. The van der Waals surface area contributed by atoms with Gasteiger partial charge in [-0.3, -0.25) is 4.79 Å². The summed E-state index contributed by atoms with van der Waals surface area (Å²) in [5.41, 5.74) is 1.68. The van der Waals surface area contributed by atoms with Gasteiger partial charge in [-0.05, 0) is 62.5 Å². The highest BCUT2D eigenvalue weighted by Gasteiger charge is 2.41. The zero-order valence-electron chi connectivity index (χ0n) is 21.3. The topological polar surface area (TPSA) is 114 Å². The van der Waals surface area contributed by atoms with Crippen molar-refractivity contribution in [3.05, 3.63) is 70.6 Å². The maximum atomic E-state index is 13.7. The number of aromatic nitrogens is 4. The van der Waals surface area contributed by atoms with E-state index >= 15 is 0 Å². The van der Waals surface area contributed by atoms with E-state index in [1.807, 2.05) is 38.3 Å². The fourth-order valence-electron chi connectivity index (χ4n) is 4.00. The van der Waals surface area contributed by atoms with Crippen molar-refractivity contribution in [1.82, 2.24) is 25.3 Å². The number of anilines is 1. The lowest BCUT2D eigenvalue weighted by Gasteiger charge is -2.35.